The number of nitrogens with one attached hydrogen (secondary N) is 1. The lowest BCUT2D eigenvalue weighted by atomic mass is 9.98. The van der Waals surface area contributed by atoms with Crippen LogP contribution in [0, 0.1) is 5.92 Å². The van der Waals surface area contributed by atoms with Gasteiger partial charge >= 0.3 is 12.1 Å². The molecule has 0 spiro atoms. The molecule has 7 heteroatoms. The Morgan fingerprint density at radius 3 is 2.23 bits per heavy atom. The summed E-state index contributed by atoms with van der Waals surface area (Å²) in [5.41, 5.74) is 4.76. The highest BCUT2D eigenvalue weighted by molar-refractivity contribution is 5.79. The maximum atomic E-state index is 12.8. The van der Waals surface area contributed by atoms with Crippen molar-refractivity contribution in [1.82, 2.24) is 10.2 Å². The Hall–Kier alpha value is -3.35. The molecule has 7 nitrogen and oxygen atoms in total. The highest BCUT2D eigenvalue weighted by Gasteiger charge is 2.35. The van der Waals surface area contributed by atoms with Gasteiger partial charge in [0.15, 0.2) is 0 Å². The van der Waals surface area contributed by atoms with E-state index in [0.29, 0.717) is 6.42 Å². The summed E-state index contributed by atoms with van der Waals surface area (Å²) in [6, 6.07) is 16.7. The molecule has 2 aromatic rings. The lowest BCUT2D eigenvalue weighted by molar-refractivity contribution is -0.139. The summed E-state index contributed by atoms with van der Waals surface area (Å²) in [4.78, 5) is 38.1. The van der Waals surface area contributed by atoms with Gasteiger partial charge in [0.25, 0.3) is 0 Å². The second kappa shape index (κ2) is 10.1. The molecule has 2 aromatic carbocycles. The van der Waals surface area contributed by atoms with Gasteiger partial charge in [0.1, 0.15) is 6.61 Å². The number of aliphatic carboxylic acids is 1. The summed E-state index contributed by atoms with van der Waals surface area (Å²) in [6.45, 7) is 0.571. The molecular weight excluding hydrogens is 444 g/mol. The average Bonchev–Trinajstić information content (AvgIpc) is 3.50. The minimum absolute atomic E-state index is 0.00292. The van der Waals surface area contributed by atoms with E-state index in [1.807, 2.05) is 24.3 Å². The lowest BCUT2D eigenvalue weighted by Gasteiger charge is -2.23. The Balaban J connectivity index is 1.10. The normalized spacial score (nSPS) is 20.7. The van der Waals surface area contributed by atoms with Gasteiger partial charge in [-0.25, -0.2) is 4.79 Å². The predicted octanol–water partition coefficient (Wildman–Crippen LogP) is 4.55. The summed E-state index contributed by atoms with van der Waals surface area (Å²) >= 11 is 0. The zero-order valence-electron chi connectivity index (χ0n) is 19.8. The van der Waals surface area contributed by atoms with Crippen molar-refractivity contribution in [1.29, 1.82) is 0 Å². The molecule has 2 atom stereocenters. The summed E-state index contributed by atoms with van der Waals surface area (Å²) in [5.74, 6) is -0.606. The van der Waals surface area contributed by atoms with Crippen molar-refractivity contribution >= 4 is 18.0 Å². The SMILES string of the molecule is O=C(O)CCN(C(=O)CC1CCC(NC(=O)OCC2c3ccccc3-c3ccccc32)C1)C1CC1. The summed E-state index contributed by atoms with van der Waals surface area (Å²) < 4.78 is 5.67. The summed E-state index contributed by atoms with van der Waals surface area (Å²) in [5, 5.41) is 12.0. The molecule has 0 saturated heterocycles. The van der Waals surface area contributed by atoms with Gasteiger partial charge in [-0.15, -0.1) is 0 Å². The van der Waals surface area contributed by atoms with E-state index >= 15 is 0 Å². The molecule has 2 unspecified atom stereocenters. The van der Waals surface area contributed by atoms with E-state index in [2.05, 4.69) is 29.6 Å². The molecule has 2 N–H and O–H groups in total. The average molecular weight is 477 g/mol. The molecule has 0 bridgehead atoms. The molecule has 0 aliphatic heterocycles. The minimum atomic E-state index is -0.878. The first-order chi connectivity index (χ1) is 17.0. The third kappa shape index (κ3) is 5.34. The standard InChI is InChI=1S/C28H32N2O5/c31-26(30(20-11-12-20)14-13-27(32)33)16-18-9-10-19(15-18)29-28(34)35-17-25-23-7-3-1-5-21(23)22-6-2-4-8-24(22)25/h1-8,18-20,25H,9-17H2,(H,29,34)(H,32,33). The van der Waals surface area contributed by atoms with Crippen molar-refractivity contribution in [3.8, 4) is 11.1 Å². The fraction of sp³-hybridized carbons (Fsp3) is 0.464. The van der Waals surface area contributed by atoms with Crippen molar-refractivity contribution in [2.24, 2.45) is 5.92 Å². The van der Waals surface area contributed by atoms with Crippen LogP contribution in [0.5, 0.6) is 0 Å². The van der Waals surface area contributed by atoms with Crippen LogP contribution in [0.25, 0.3) is 11.1 Å². The van der Waals surface area contributed by atoms with E-state index in [0.717, 1.165) is 32.1 Å². The van der Waals surface area contributed by atoms with Gasteiger partial charge in [-0.2, -0.15) is 0 Å². The zero-order valence-corrected chi connectivity index (χ0v) is 19.8. The first-order valence-electron chi connectivity index (χ1n) is 12.6. The summed E-state index contributed by atoms with van der Waals surface area (Å²) in [6.07, 6.45) is 4.35. The van der Waals surface area contributed by atoms with E-state index in [9.17, 15) is 14.4 Å². The summed E-state index contributed by atoms with van der Waals surface area (Å²) in [7, 11) is 0. The van der Waals surface area contributed by atoms with Gasteiger partial charge in [0, 0.05) is 31.0 Å². The number of carboxylic acid groups (broad SMARTS) is 1. The number of ether oxygens (including phenoxy) is 1. The van der Waals surface area contributed by atoms with Crippen LogP contribution in [-0.2, 0) is 14.3 Å². The topological polar surface area (TPSA) is 95.9 Å². The van der Waals surface area contributed by atoms with Crippen LogP contribution in [0.15, 0.2) is 48.5 Å². The van der Waals surface area contributed by atoms with Crippen LogP contribution in [0.4, 0.5) is 4.79 Å². The minimum Gasteiger partial charge on any atom is -0.481 e. The smallest absolute Gasteiger partial charge is 0.407 e. The second-order valence-electron chi connectivity index (χ2n) is 10.0. The number of carbonyl (C=O) groups excluding carboxylic acids is 2. The predicted molar refractivity (Wildman–Crippen MR) is 131 cm³/mol. The van der Waals surface area contributed by atoms with E-state index in [1.165, 1.54) is 22.3 Å². The fourth-order valence-corrected chi connectivity index (χ4v) is 5.68. The Morgan fingerprint density at radius 2 is 1.60 bits per heavy atom. The molecule has 2 amide bonds. The number of nitrogens with zero attached hydrogens (tertiary/aromatic N) is 1. The van der Waals surface area contributed by atoms with Crippen molar-refractivity contribution in [3.63, 3.8) is 0 Å². The van der Waals surface area contributed by atoms with E-state index < -0.39 is 12.1 Å². The number of rotatable bonds is 9. The molecule has 184 valence electrons. The molecule has 0 aromatic heterocycles. The Morgan fingerprint density at radius 1 is 0.943 bits per heavy atom. The van der Waals surface area contributed by atoms with Gasteiger partial charge < -0.3 is 20.1 Å². The largest absolute Gasteiger partial charge is 0.481 e. The molecule has 35 heavy (non-hydrogen) atoms. The Kier molecular flexibility index (Phi) is 6.75. The molecular formula is C28H32N2O5. The quantitative estimate of drug-likeness (QED) is 0.554. The number of amides is 2. The van der Waals surface area contributed by atoms with Crippen molar-refractivity contribution < 1.29 is 24.2 Å². The van der Waals surface area contributed by atoms with Crippen LogP contribution < -0.4 is 5.32 Å². The van der Waals surface area contributed by atoms with Gasteiger partial charge in [-0.3, -0.25) is 9.59 Å². The van der Waals surface area contributed by atoms with Gasteiger partial charge in [0.2, 0.25) is 5.91 Å². The monoisotopic (exact) mass is 476 g/mol. The van der Waals surface area contributed by atoms with Crippen LogP contribution >= 0.6 is 0 Å². The third-order valence-corrected chi connectivity index (χ3v) is 7.54. The Bertz CT molecular complexity index is 1070. The van der Waals surface area contributed by atoms with Crippen molar-refractivity contribution in [2.45, 2.75) is 62.9 Å². The highest BCUT2D eigenvalue weighted by Crippen LogP contribution is 2.44. The number of alkyl carbamates (subject to hydrolysis) is 1. The fourth-order valence-electron chi connectivity index (χ4n) is 5.68. The van der Waals surface area contributed by atoms with E-state index in [-0.39, 0.29) is 49.4 Å². The second-order valence-corrected chi connectivity index (χ2v) is 10.0. The molecule has 5 rings (SSSR count). The number of carbonyl (C=O) groups is 3. The number of hydrogen-bond acceptors (Lipinski definition) is 4. The van der Waals surface area contributed by atoms with E-state index in [4.69, 9.17) is 9.84 Å². The van der Waals surface area contributed by atoms with E-state index in [1.54, 1.807) is 4.90 Å². The number of benzene rings is 2. The van der Waals surface area contributed by atoms with Gasteiger partial charge in [0.05, 0.1) is 6.42 Å². The number of fused-ring (bicyclic) bond motifs is 3. The van der Waals surface area contributed by atoms with Crippen molar-refractivity contribution in [3.05, 3.63) is 59.7 Å². The Labute approximate surface area is 205 Å². The van der Waals surface area contributed by atoms with Crippen LogP contribution in [0.1, 0.15) is 62.0 Å². The first-order valence-corrected chi connectivity index (χ1v) is 12.6. The molecule has 2 saturated carbocycles. The molecule has 3 aliphatic rings. The van der Waals surface area contributed by atoms with Crippen LogP contribution in [-0.4, -0.2) is 53.2 Å². The third-order valence-electron chi connectivity index (χ3n) is 7.54. The molecule has 3 aliphatic carbocycles. The number of carboxylic acids is 1. The maximum absolute atomic E-state index is 12.8. The zero-order chi connectivity index (χ0) is 24.4. The number of hydrogen-bond donors (Lipinski definition) is 2. The molecule has 2 fully saturated rings. The van der Waals surface area contributed by atoms with Crippen molar-refractivity contribution in [2.75, 3.05) is 13.2 Å². The first kappa shape index (κ1) is 23.4. The molecule has 0 radical (unpaired) electrons. The lowest BCUT2D eigenvalue weighted by Crippen LogP contribution is -2.36. The highest BCUT2D eigenvalue weighted by atomic mass is 16.5. The van der Waals surface area contributed by atoms with Gasteiger partial charge in [-0.1, -0.05) is 48.5 Å². The van der Waals surface area contributed by atoms with Crippen LogP contribution in [0.2, 0.25) is 0 Å². The van der Waals surface area contributed by atoms with Crippen LogP contribution in [0.3, 0.4) is 0 Å². The molecule has 0 heterocycles. The van der Waals surface area contributed by atoms with Gasteiger partial charge in [-0.05, 0) is 60.3 Å². The maximum Gasteiger partial charge on any atom is 0.407 e.